The number of nitrogens with one attached hydrogen (secondary N) is 1. The number of carbonyl (C=O) groups is 1. The number of ether oxygens (including phenoxy) is 1. The summed E-state index contributed by atoms with van der Waals surface area (Å²) in [5, 5.41) is 6.37. The number of nitrogens with zero attached hydrogens (tertiary/aromatic N) is 2. The van der Waals surface area contributed by atoms with E-state index in [1.165, 1.54) is 0 Å². The minimum absolute atomic E-state index is 0.0759. The molecule has 84 valence electrons. The lowest BCUT2D eigenvalue weighted by Crippen LogP contribution is -2.33. The van der Waals surface area contributed by atoms with Crippen LogP contribution in [-0.4, -0.2) is 53.1 Å². The van der Waals surface area contributed by atoms with Crippen molar-refractivity contribution in [2.24, 2.45) is 0 Å². The summed E-state index contributed by atoms with van der Waals surface area (Å²) in [6.45, 7) is 1.16. The largest absolute Gasteiger partial charge is 0.383 e. The fourth-order valence-electron chi connectivity index (χ4n) is 1.19. The van der Waals surface area contributed by atoms with E-state index in [0.29, 0.717) is 18.8 Å². The molecule has 1 N–H and O–H groups in total. The van der Waals surface area contributed by atoms with Crippen LogP contribution in [0.15, 0.2) is 12.3 Å². The monoisotopic (exact) mass is 275 g/mol. The Bertz CT molecular complexity index is 302. The second-order valence-corrected chi connectivity index (χ2v) is 4.50. The number of amides is 1. The Morgan fingerprint density at radius 1 is 1.80 bits per heavy atom. The molecule has 0 fully saturated rings. The molecule has 0 aromatic carbocycles. The van der Waals surface area contributed by atoms with Crippen LogP contribution in [0, 0.1) is 0 Å². The molecular formula is C9H14BrN3O2. The van der Waals surface area contributed by atoms with Crippen molar-refractivity contribution in [3.63, 3.8) is 0 Å². The summed E-state index contributed by atoms with van der Waals surface area (Å²) in [6, 6.07) is 1.65. The number of rotatable bonds is 5. The Labute approximate surface area is 96.9 Å². The van der Waals surface area contributed by atoms with Gasteiger partial charge in [0.05, 0.1) is 11.4 Å². The molecule has 1 aromatic rings. The van der Waals surface area contributed by atoms with Gasteiger partial charge < -0.3 is 9.64 Å². The van der Waals surface area contributed by atoms with Crippen molar-refractivity contribution in [3.05, 3.63) is 18.0 Å². The normalized spacial score (nSPS) is 12.5. The lowest BCUT2D eigenvalue weighted by atomic mass is 10.3. The Kier molecular flexibility index (Phi) is 4.77. The smallest absolute Gasteiger partial charge is 0.271 e. The van der Waals surface area contributed by atoms with Gasteiger partial charge in [0.15, 0.2) is 0 Å². The molecule has 15 heavy (non-hydrogen) atoms. The molecule has 0 saturated carbocycles. The number of methoxy groups -OCH3 is 1. The number of aromatic amines is 1. The zero-order chi connectivity index (χ0) is 11.3. The number of aromatic nitrogens is 2. The van der Waals surface area contributed by atoms with E-state index in [0.717, 1.165) is 0 Å². The van der Waals surface area contributed by atoms with E-state index in [4.69, 9.17) is 4.74 Å². The lowest BCUT2D eigenvalue weighted by Gasteiger charge is -2.19. The maximum absolute atomic E-state index is 11.7. The van der Waals surface area contributed by atoms with Crippen molar-refractivity contribution in [1.29, 1.82) is 0 Å². The van der Waals surface area contributed by atoms with Crippen LogP contribution in [0.1, 0.15) is 10.5 Å². The first-order chi connectivity index (χ1) is 7.15. The van der Waals surface area contributed by atoms with Crippen LogP contribution in [0.4, 0.5) is 0 Å². The highest BCUT2D eigenvalue weighted by molar-refractivity contribution is 9.09. The van der Waals surface area contributed by atoms with E-state index in [-0.39, 0.29) is 10.7 Å². The van der Waals surface area contributed by atoms with Gasteiger partial charge in [-0.05, 0) is 6.07 Å². The summed E-state index contributed by atoms with van der Waals surface area (Å²) >= 11 is 3.43. The fraction of sp³-hybridized carbons (Fsp3) is 0.556. The molecule has 6 heteroatoms. The molecular weight excluding hydrogens is 262 g/mol. The summed E-state index contributed by atoms with van der Waals surface area (Å²) in [7, 11) is 3.37. The molecule has 1 rings (SSSR count). The predicted octanol–water partition coefficient (Wildman–Crippen LogP) is 0.892. The maximum Gasteiger partial charge on any atom is 0.271 e. The van der Waals surface area contributed by atoms with Gasteiger partial charge in [0.1, 0.15) is 5.69 Å². The van der Waals surface area contributed by atoms with Gasteiger partial charge in [-0.3, -0.25) is 9.89 Å². The van der Waals surface area contributed by atoms with Crippen LogP contribution < -0.4 is 0 Å². The summed E-state index contributed by atoms with van der Waals surface area (Å²) in [4.78, 5) is 13.5. The van der Waals surface area contributed by atoms with Crippen LogP contribution in [0.3, 0.4) is 0 Å². The number of alkyl halides is 1. The van der Waals surface area contributed by atoms with Gasteiger partial charge in [0, 0.05) is 26.9 Å². The van der Waals surface area contributed by atoms with Crippen LogP contribution in [0.25, 0.3) is 0 Å². The van der Waals surface area contributed by atoms with Crippen molar-refractivity contribution in [2.45, 2.75) is 4.83 Å². The molecule has 0 spiro atoms. The third kappa shape index (κ3) is 3.64. The molecule has 1 atom stereocenters. The fourth-order valence-corrected chi connectivity index (χ4v) is 1.89. The average molecular weight is 276 g/mol. The Morgan fingerprint density at radius 3 is 3.07 bits per heavy atom. The quantitative estimate of drug-likeness (QED) is 0.813. The van der Waals surface area contributed by atoms with Gasteiger partial charge in [0.2, 0.25) is 0 Å². The van der Waals surface area contributed by atoms with Crippen molar-refractivity contribution in [1.82, 2.24) is 15.1 Å². The topological polar surface area (TPSA) is 58.2 Å². The van der Waals surface area contributed by atoms with E-state index < -0.39 is 0 Å². The summed E-state index contributed by atoms with van der Waals surface area (Å²) in [5.41, 5.74) is 0.495. The minimum Gasteiger partial charge on any atom is -0.383 e. The van der Waals surface area contributed by atoms with Gasteiger partial charge in [-0.15, -0.1) is 0 Å². The average Bonchev–Trinajstić information content (AvgIpc) is 2.69. The van der Waals surface area contributed by atoms with Crippen molar-refractivity contribution in [3.8, 4) is 0 Å². The molecule has 0 bridgehead atoms. The van der Waals surface area contributed by atoms with Crippen LogP contribution in [-0.2, 0) is 4.74 Å². The number of hydrogen-bond donors (Lipinski definition) is 1. The Morgan fingerprint density at radius 2 is 2.53 bits per heavy atom. The zero-order valence-electron chi connectivity index (χ0n) is 8.74. The lowest BCUT2D eigenvalue weighted by molar-refractivity contribution is 0.0778. The van der Waals surface area contributed by atoms with Crippen LogP contribution in [0.5, 0.6) is 0 Å². The second-order valence-electron chi connectivity index (χ2n) is 3.21. The van der Waals surface area contributed by atoms with Crippen molar-refractivity contribution >= 4 is 21.8 Å². The molecule has 1 unspecified atom stereocenters. The molecule has 0 radical (unpaired) electrons. The van der Waals surface area contributed by atoms with Crippen molar-refractivity contribution < 1.29 is 9.53 Å². The first-order valence-electron chi connectivity index (χ1n) is 4.53. The Hall–Kier alpha value is -0.880. The van der Waals surface area contributed by atoms with Gasteiger partial charge in [0.25, 0.3) is 5.91 Å². The van der Waals surface area contributed by atoms with E-state index in [9.17, 15) is 4.79 Å². The first-order valence-corrected chi connectivity index (χ1v) is 5.44. The minimum atomic E-state index is -0.0759. The van der Waals surface area contributed by atoms with Gasteiger partial charge in [-0.1, -0.05) is 15.9 Å². The molecule has 0 aliphatic heterocycles. The molecule has 0 aliphatic rings. The molecule has 0 aliphatic carbocycles. The van der Waals surface area contributed by atoms with Crippen LogP contribution in [0.2, 0.25) is 0 Å². The van der Waals surface area contributed by atoms with E-state index in [1.54, 1.807) is 31.3 Å². The Balaban J connectivity index is 2.47. The molecule has 1 amide bonds. The van der Waals surface area contributed by atoms with Crippen molar-refractivity contribution in [2.75, 3.05) is 27.3 Å². The third-order valence-corrected chi connectivity index (χ3v) is 2.45. The van der Waals surface area contributed by atoms with E-state index in [2.05, 4.69) is 26.1 Å². The SMILES string of the molecule is COCC(Br)CN(C)C(=O)c1ccn[nH]1. The first kappa shape index (κ1) is 12.2. The summed E-state index contributed by atoms with van der Waals surface area (Å²) < 4.78 is 4.97. The highest BCUT2D eigenvalue weighted by Crippen LogP contribution is 2.05. The molecule has 0 saturated heterocycles. The number of hydrogen-bond acceptors (Lipinski definition) is 3. The highest BCUT2D eigenvalue weighted by Gasteiger charge is 2.15. The molecule has 5 nitrogen and oxygen atoms in total. The van der Waals surface area contributed by atoms with Crippen LogP contribution >= 0.6 is 15.9 Å². The number of halogens is 1. The van der Waals surface area contributed by atoms with E-state index in [1.807, 2.05) is 0 Å². The van der Waals surface area contributed by atoms with E-state index >= 15 is 0 Å². The second kappa shape index (κ2) is 5.87. The maximum atomic E-state index is 11.7. The predicted molar refractivity (Wildman–Crippen MR) is 60.1 cm³/mol. The summed E-state index contributed by atoms with van der Waals surface area (Å²) in [6.07, 6.45) is 1.56. The molecule has 1 aromatic heterocycles. The van der Waals surface area contributed by atoms with Gasteiger partial charge >= 0.3 is 0 Å². The third-order valence-electron chi connectivity index (χ3n) is 1.90. The van der Waals surface area contributed by atoms with Gasteiger partial charge in [-0.25, -0.2) is 0 Å². The number of H-pyrrole nitrogens is 1. The number of carbonyl (C=O) groups excluding carboxylic acids is 1. The summed E-state index contributed by atoms with van der Waals surface area (Å²) in [5.74, 6) is -0.0759. The molecule has 1 heterocycles. The van der Waals surface area contributed by atoms with Gasteiger partial charge in [-0.2, -0.15) is 5.10 Å². The zero-order valence-corrected chi connectivity index (χ0v) is 10.3. The standard InChI is InChI=1S/C9H14BrN3O2/c1-13(5-7(10)6-15-2)9(14)8-3-4-11-12-8/h3-4,7H,5-6H2,1-2H3,(H,11,12). The highest BCUT2D eigenvalue weighted by atomic mass is 79.9.